The quantitative estimate of drug-likeness (QED) is 0.662. The van der Waals surface area contributed by atoms with Crippen molar-refractivity contribution in [2.24, 2.45) is 4.99 Å². The molecule has 0 unspecified atom stereocenters. The maximum atomic E-state index is 9.21. The zero-order valence-corrected chi connectivity index (χ0v) is 7.36. The minimum atomic E-state index is -0.391. The van der Waals surface area contributed by atoms with Crippen molar-refractivity contribution in [1.82, 2.24) is 0 Å². The van der Waals surface area contributed by atoms with Crippen molar-refractivity contribution < 1.29 is 5.11 Å². The summed E-state index contributed by atoms with van der Waals surface area (Å²) in [4.78, 5) is 3.89. The number of hydrogen-bond acceptors (Lipinski definition) is 2. The van der Waals surface area contributed by atoms with Gasteiger partial charge in [-0.1, -0.05) is 24.3 Å². The summed E-state index contributed by atoms with van der Waals surface area (Å²) in [6, 6.07) is 7.69. The average Bonchev–Trinajstić information content (AvgIpc) is 2.06. The molecule has 1 aromatic rings. The van der Waals surface area contributed by atoms with Gasteiger partial charge >= 0.3 is 0 Å². The van der Waals surface area contributed by atoms with Gasteiger partial charge in [0, 0.05) is 13.3 Å². The summed E-state index contributed by atoms with van der Waals surface area (Å²) < 4.78 is 0. The molecule has 12 heavy (non-hydrogen) atoms. The molecular formula is C10H13NO. The van der Waals surface area contributed by atoms with E-state index in [0.29, 0.717) is 0 Å². The van der Waals surface area contributed by atoms with E-state index in [0.717, 1.165) is 11.1 Å². The van der Waals surface area contributed by atoms with Crippen molar-refractivity contribution in [1.29, 1.82) is 0 Å². The van der Waals surface area contributed by atoms with Gasteiger partial charge in [0.05, 0.1) is 6.10 Å². The van der Waals surface area contributed by atoms with Gasteiger partial charge in [0.1, 0.15) is 0 Å². The van der Waals surface area contributed by atoms with E-state index in [4.69, 9.17) is 0 Å². The molecule has 64 valence electrons. The third kappa shape index (κ3) is 2.17. The van der Waals surface area contributed by atoms with Crippen molar-refractivity contribution in [3.63, 3.8) is 0 Å². The van der Waals surface area contributed by atoms with Crippen molar-refractivity contribution in [3.05, 3.63) is 35.4 Å². The Morgan fingerprint density at radius 2 is 1.92 bits per heavy atom. The molecule has 1 aromatic carbocycles. The predicted molar refractivity (Wildman–Crippen MR) is 50.6 cm³/mol. The van der Waals surface area contributed by atoms with Gasteiger partial charge < -0.3 is 5.11 Å². The SMILES string of the molecule is C/N=C/c1ccc([C@H](C)O)cc1. The van der Waals surface area contributed by atoms with E-state index in [-0.39, 0.29) is 0 Å². The summed E-state index contributed by atoms with van der Waals surface area (Å²) in [5.74, 6) is 0. The monoisotopic (exact) mass is 163 g/mol. The largest absolute Gasteiger partial charge is 0.389 e. The lowest BCUT2D eigenvalue weighted by Gasteiger charge is -2.03. The highest BCUT2D eigenvalue weighted by molar-refractivity contribution is 5.79. The van der Waals surface area contributed by atoms with Crippen molar-refractivity contribution in [2.75, 3.05) is 7.05 Å². The van der Waals surface area contributed by atoms with Gasteiger partial charge in [0.25, 0.3) is 0 Å². The Morgan fingerprint density at radius 3 is 2.33 bits per heavy atom. The van der Waals surface area contributed by atoms with Crippen LogP contribution < -0.4 is 0 Å². The first-order chi connectivity index (χ1) is 5.74. The Hall–Kier alpha value is -1.15. The molecule has 0 aliphatic heterocycles. The molecule has 0 saturated carbocycles. The predicted octanol–water partition coefficient (Wildman–Crippen LogP) is 1.79. The Labute approximate surface area is 72.6 Å². The number of aliphatic imine (C=N–C) groups is 1. The molecular weight excluding hydrogens is 150 g/mol. The van der Waals surface area contributed by atoms with Gasteiger partial charge in [0.15, 0.2) is 0 Å². The van der Waals surface area contributed by atoms with Gasteiger partial charge in [-0.3, -0.25) is 4.99 Å². The number of rotatable bonds is 2. The zero-order chi connectivity index (χ0) is 8.97. The maximum Gasteiger partial charge on any atom is 0.0761 e. The highest BCUT2D eigenvalue weighted by Crippen LogP contribution is 2.11. The van der Waals surface area contributed by atoms with Crippen molar-refractivity contribution >= 4 is 6.21 Å². The molecule has 0 radical (unpaired) electrons. The molecule has 0 aromatic heterocycles. The smallest absolute Gasteiger partial charge is 0.0761 e. The average molecular weight is 163 g/mol. The van der Waals surface area contributed by atoms with Gasteiger partial charge in [-0.05, 0) is 18.1 Å². The van der Waals surface area contributed by atoms with Gasteiger partial charge in [-0.15, -0.1) is 0 Å². The van der Waals surface area contributed by atoms with Crippen molar-refractivity contribution in [3.8, 4) is 0 Å². The Morgan fingerprint density at radius 1 is 1.33 bits per heavy atom. The molecule has 0 fully saturated rings. The number of hydrogen-bond donors (Lipinski definition) is 1. The molecule has 0 saturated heterocycles. The highest BCUT2D eigenvalue weighted by Gasteiger charge is 1.98. The first-order valence-corrected chi connectivity index (χ1v) is 3.94. The number of nitrogens with zero attached hydrogens (tertiary/aromatic N) is 1. The van der Waals surface area contributed by atoms with E-state index in [1.165, 1.54) is 0 Å². The summed E-state index contributed by atoms with van der Waals surface area (Å²) in [5.41, 5.74) is 1.99. The van der Waals surface area contributed by atoms with Gasteiger partial charge in [-0.2, -0.15) is 0 Å². The van der Waals surface area contributed by atoms with E-state index in [9.17, 15) is 5.11 Å². The van der Waals surface area contributed by atoms with E-state index < -0.39 is 6.10 Å². The number of benzene rings is 1. The minimum Gasteiger partial charge on any atom is -0.389 e. The molecule has 1 N–H and O–H groups in total. The van der Waals surface area contributed by atoms with Crippen LogP contribution in [0.5, 0.6) is 0 Å². The Bertz CT molecular complexity index is 262. The van der Waals surface area contributed by atoms with E-state index >= 15 is 0 Å². The van der Waals surface area contributed by atoms with Crippen LogP contribution in [0.3, 0.4) is 0 Å². The standard InChI is InChI=1S/C10H13NO/c1-8(12)10-5-3-9(4-6-10)7-11-2/h3-8,12H,1-2H3/b11-7+/t8-/m0/s1. The van der Waals surface area contributed by atoms with Crippen LogP contribution in [0.2, 0.25) is 0 Å². The molecule has 0 spiro atoms. The Kier molecular flexibility index (Phi) is 3.00. The maximum absolute atomic E-state index is 9.21. The topological polar surface area (TPSA) is 32.6 Å². The Balaban J connectivity index is 2.85. The fraction of sp³-hybridized carbons (Fsp3) is 0.300. The second-order valence-electron chi connectivity index (χ2n) is 2.73. The van der Waals surface area contributed by atoms with Crippen LogP contribution in [0.4, 0.5) is 0 Å². The van der Waals surface area contributed by atoms with Crippen molar-refractivity contribution in [2.45, 2.75) is 13.0 Å². The molecule has 1 atom stereocenters. The third-order valence-electron chi connectivity index (χ3n) is 1.70. The number of aliphatic hydroxyl groups is 1. The van der Waals surface area contributed by atoms with Crippen LogP contribution in [-0.2, 0) is 0 Å². The molecule has 0 bridgehead atoms. The summed E-state index contributed by atoms with van der Waals surface area (Å²) in [6.45, 7) is 1.75. The summed E-state index contributed by atoms with van der Waals surface area (Å²) >= 11 is 0. The third-order valence-corrected chi connectivity index (χ3v) is 1.70. The molecule has 0 aliphatic rings. The molecule has 1 rings (SSSR count). The highest BCUT2D eigenvalue weighted by atomic mass is 16.3. The van der Waals surface area contributed by atoms with E-state index in [2.05, 4.69) is 4.99 Å². The fourth-order valence-corrected chi connectivity index (χ4v) is 1.01. The molecule has 0 amide bonds. The normalized spacial score (nSPS) is 13.6. The van der Waals surface area contributed by atoms with Crippen LogP contribution in [0, 0.1) is 0 Å². The molecule has 2 nitrogen and oxygen atoms in total. The molecule has 0 aliphatic carbocycles. The first-order valence-electron chi connectivity index (χ1n) is 3.94. The second kappa shape index (κ2) is 4.02. The first kappa shape index (κ1) is 8.94. The van der Waals surface area contributed by atoms with Crippen LogP contribution in [0.1, 0.15) is 24.2 Å². The van der Waals surface area contributed by atoms with Gasteiger partial charge in [0.2, 0.25) is 0 Å². The van der Waals surface area contributed by atoms with E-state index in [1.807, 2.05) is 24.3 Å². The molecule has 0 heterocycles. The number of aliphatic hydroxyl groups excluding tert-OH is 1. The van der Waals surface area contributed by atoms with E-state index in [1.54, 1.807) is 20.2 Å². The lowest BCUT2D eigenvalue weighted by molar-refractivity contribution is 0.199. The van der Waals surface area contributed by atoms with Crippen LogP contribution >= 0.6 is 0 Å². The summed E-state index contributed by atoms with van der Waals surface area (Å²) in [5, 5.41) is 9.21. The lowest BCUT2D eigenvalue weighted by atomic mass is 10.1. The van der Waals surface area contributed by atoms with Crippen LogP contribution in [-0.4, -0.2) is 18.4 Å². The second-order valence-corrected chi connectivity index (χ2v) is 2.73. The lowest BCUT2D eigenvalue weighted by Crippen LogP contribution is -1.90. The fourth-order valence-electron chi connectivity index (χ4n) is 1.01. The van der Waals surface area contributed by atoms with Crippen LogP contribution in [0.25, 0.3) is 0 Å². The van der Waals surface area contributed by atoms with Crippen LogP contribution in [0.15, 0.2) is 29.3 Å². The summed E-state index contributed by atoms with van der Waals surface area (Å²) in [6.07, 6.45) is 1.39. The summed E-state index contributed by atoms with van der Waals surface area (Å²) in [7, 11) is 1.74. The molecule has 2 heteroatoms. The minimum absolute atomic E-state index is 0.391. The van der Waals surface area contributed by atoms with Gasteiger partial charge in [-0.25, -0.2) is 0 Å². The zero-order valence-electron chi connectivity index (χ0n) is 7.36.